The molecule has 0 aliphatic rings. The molecule has 1 amide bonds. The molecule has 104 valence electrons. The van der Waals surface area contributed by atoms with E-state index in [-0.39, 0.29) is 24.7 Å². The molecule has 3 nitrogen and oxygen atoms in total. The van der Waals surface area contributed by atoms with Gasteiger partial charge >= 0.3 is 0 Å². The van der Waals surface area contributed by atoms with Gasteiger partial charge in [-0.15, -0.1) is 0 Å². The van der Waals surface area contributed by atoms with E-state index >= 15 is 0 Å². The number of hydrogen-bond acceptors (Lipinski definition) is 2. The van der Waals surface area contributed by atoms with Gasteiger partial charge in [0.05, 0.1) is 13.0 Å². The Labute approximate surface area is 121 Å². The molecule has 0 aromatic heterocycles. The van der Waals surface area contributed by atoms with Crippen molar-refractivity contribution in [3.63, 3.8) is 0 Å². The summed E-state index contributed by atoms with van der Waals surface area (Å²) in [6, 6.07) is 12.9. The minimum Gasteiger partial charge on any atom is -0.490 e. The summed E-state index contributed by atoms with van der Waals surface area (Å²) in [4.78, 5) is 11.7. The van der Waals surface area contributed by atoms with Gasteiger partial charge in [-0.1, -0.05) is 23.7 Å². The summed E-state index contributed by atoms with van der Waals surface area (Å²) in [6.45, 7) is 0.111. The first-order valence-electron chi connectivity index (χ1n) is 6.08. The van der Waals surface area contributed by atoms with Crippen molar-refractivity contribution in [3.8, 4) is 5.75 Å². The summed E-state index contributed by atoms with van der Waals surface area (Å²) in [5.74, 6) is -0.499. The van der Waals surface area contributed by atoms with Crippen molar-refractivity contribution >= 4 is 23.2 Å². The molecule has 2 aromatic rings. The largest absolute Gasteiger partial charge is 0.490 e. The summed E-state index contributed by atoms with van der Waals surface area (Å²) in [5.41, 5.74) is 0.658. The first-order valence-corrected chi connectivity index (χ1v) is 6.46. The molecule has 0 saturated carbocycles. The summed E-state index contributed by atoms with van der Waals surface area (Å²) >= 11 is 5.75. The predicted octanol–water partition coefficient (Wildman–Crippen LogP) is 3.89. The Morgan fingerprint density at radius 1 is 1.15 bits per heavy atom. The molecule has 0 atom stereocenters. The Bertz CT molecular complexity index is 587. The van der Waals surface area contributed by atoms with Gasteiger partial charge in [0.1, 0.15) is 0 Å². The quantitative estimate of drug-likeness (QED) is 0.908. The number of amides is 1. The predicted molar refractivity (Wildman–Crippen MR) is 76.6 cm³/mol. The van der Waals surface area contributed by atoms with Crippen molar-refractivity contribution in [2.75, 3.05) is 11.9 Å². The monoisotopic (exact) mass is 293 g/mol. The molecular formula is C15H13ClFNO2. The lowest BCUT2D eigenvalue weighted by atomic mass is 10.3. The number of carbonyl (C=O) groups excluding carboxylic acids is 1. The average Bonchev–Trinajstić information content (AvgIpc) is 2.43. The van der Waals surface area contributed by atoms with Crippen LogP contribution in [0.5, 0.6) is 5.75 Å². The van der Waals surface area contributed by atoms with Crippen LogP contribution in [-0.2, 0) is 4.79 Å². The van der Waals surface area contributed by atoms with Gasteiger partial charge in [0, 0.05) is 10.7 Å². The first-order chi connectivity index (χ1) is 9.65. The zero-order chi connectivity index (χ0) is 14.4. The molecule has 5 heteroatoms. The van der Waals surface area contributed by atoms with Crippen LogP contribution in [0.2, 0.25) is 5.02 Å². The molecule has 0 unspecified atom stereocenters. The van der Waals surface area contributed by atoms with Crippen molar-refractivity contribution in [3.05, 3.63) is 59.4 Å². The molecule has 0 aliphatic carbocycles. The second kappa shape index (κ2) is 6.91. The number of carbonyl (C=O) groups is 1. The Morgan fingerprint density at radius 2 is 1.85 bits per heavy atom. The molecule has 0 heterocycles. The number of anilines is 1. The molecule has 0 aliphatic heterocycles. The van der Waals surface area contributed by atoms with E-state index < -0.39 is 5.82 Å². The SMILES string of the molecule is O=C(CCOc1ccccc1F)Nc1ccc(Cl)cc1. The number of para-hydroxylation sites is 1. The smallest absolute Gasteiger partial charge is 0.227 e. The van der Waals surface area contributed by atoms with Gasteiger partial charge in [-0.25, -0.2) is 4.39 Å². The fourth-order valence-corrected chi connectivity index (χ4v) is 1.70. The molecular weight excluding hydrogens is 281 g/mol. The molecule has 0 spiro atoms. The molecule has 0 fully saturated rings. The van der Waals surface area contributed by atoms with E-state index in [1.54, 1.807) is 36.4 Å². The maximum atomic E-state index is 13.3. The zero-order valence-corrected chi connectivity index (χ0v) is 11.4. The highest BCUT2D eigenvalue weighted by Crippen LogP contribution is 2.16. The van der Waals surface area contributed by atoms with Crippen LogP contribution in [0, 0.1) is 5.82 Å². The zero-order valence-electron chi connectivity index (χ0n) is 10.6. The number of rotatable bonds is 5. The highest BCUT2D eigenvalue weighted by atomic mass is 35.5. The minimum absolute atomic E-state index is 0.111. The Morgan fingerprint density at radius 3 is 2.55 bits per heavy atom. The molecule has 0 saturated heterocycles. The van der Waals surface area contributed by atoms with Gasteiger partial charge in [-0.05, 0) is 36.4 Å². The normalized spacial score (nSPS) is 10.1. The van der Waals surface area contributed by atoms with Crippen molar-refractivity contribution in [2.45, 2.75) is 6.42 Å². The van der Waals surface area contributed by atoms with E-state index in [0.717, 1.165) is 0 Å². The van der Waals surface area contributed by atoms with Crippen LogP contribution in [0.4, 0.5) is 10.1 Å². The van der Waals surface area contributed by atoms with Crippen LogP contribution in [0.3, 0.4) is 0 Å². The van der Waals surface area contributed by atoms with Gasteiger partial charge in [-0.3, -0.25) is 4.79 Å². The number of hydrogen-bond donors (Lipinski definition) is 1. The Balaban J connectivity index is 1.78. The number of benzene rings is 2. The lowest BCUT2D eigenvalue weighted by molar-refractivity contribution is -0.116. The molecule has 0 radical (unpaired) electrons. The van der Waals surface area contributed by atoms with Crippen molar-refractivity contribution in [1.29, 1.82) is 0 Å². The van der Waals surface area contributed by atoms with Crippen LogP contribution in [0.1, 0.15) is 6.42 Å². The second-order valence-corrected chi connectivity index (χ2v) is 4.52. The van der Waals surface area contributed by atoms with Crippen LogP contribution < -0.4 is 10.1 Å². The number of ether oxygens (including phenoxy) is 1. The third-order valence-corrected chi connectivity index (χ3v) is 2.80. The maximum Gasteiger partial charge on any atom is 0.227 e. The van der Waals surface area contributed by atoms with Crippen LogP contribution >= 0.6 is 11.6 Å². The van der Waals surface area contributed by atoms with Crippen molar-refractivity contribution in [1.82, 2.24) is 0 Å². The Hall–Kier alpha value is -2.07. The third kappa shape index (κ3) is 4.24. The standard InChI is InChI=1S/C15H13ClFNO2/c16-11-5-7-12(8-6-11)18-15(19)9-10-20-14-4-2-1-3-13(14)17/h1-8H,9-10H2,(H,18,19). The van der Waals surface area contributed by atoms with E-state index in [0.29, 0.717) is 10.7 Å². The highest BCUT2D eigenvalue weighted by Gasteiger charge is 2.05. The molecule has 0 bridgehead atoms. The topological polar surface area (TPSA) is 38.3 Å². The first kappa shape index (κ1) is 14.3. The van der Waals surface area contributed by atoms with Gasteiger partial charge < -0.3 is 10.1 Å². The van der Waals surface area contributed by atoms with Crippen LogP contribution in [0.25, 0.3) is 0 Å². The van der Waals surface area contributed by atoms with E-state index in [2.05, 4.69) is 5.32 Å². The fraction of sp³-hybridized carbons (Fsp3) is 0.133. The van der Waals surface area contributed by atoms with Crippen LogP contribution in [0.15, 0.2) is 48.5 Å². The Kier molecular flexibility index (Phi) is 4.96. The second-order valence-electron chi connectivity index (χ2n) is 4.08. The molecule has 2 rings (SSSR count). The van der Waals surface area contributed by atoms with Crippen molar-refractivity contribution in [2.24, 2.45) is 0 Å². The van der Waals surface area contributed by atoms with Gasteiger partial charge in [0.2, 0.25) is 5.91 Å². The van der Waals surface area contributed by atoms with Gasteiger partial charge in [0.15, 0.2) is 11.6 Å². The van der Waals surface area contributed by atoms with E-state index in [1.807, 2.05) is 0 Å². The summed E-state index contributed by atoms with van der Waals surface area (Å²) in [7, 11) is 0. The van der Waals surface area contributed by atoms with Crippen molar-refractivity contribution < 1.29 is 13.9 Å². The van der Waals surface area contributed by atoms with Gasteiger partial charge in [-0.2, -0.15) is 0 Å². The number of halogens is 2. The van der Waals surface area contributed by atoms with Gasteiger partial charge in [0.25, 0.3) is 0 Å². The third-order valence-electron chi connectivity index (χ3n) is 2.55. The molecule has 2 aromatic carbocycles. The summed E-state index contributed by atoms with van der Waals surface area (Å²) in [6.07, 6.45) is 0.136. The maximum absolute atomic E-state index is 13.3. The minimum atomic E-state index is -0.439. The lowest BCUT2D eigenvalue weighted by Crippen LogP contribution is -2.15. The summed E-state index contributed by atoms with van der Waals surface area (Å²) < 4.78 is 18.5. The fourth-order valence-electron chi connectivity index (χ4n) is 1.57. The van der Waals surface area contributed by atoms with E-state index in [4.69, 9.17) is 16.3 Å². The van der Waals surface area contributed by atoms with E-state index in [1.165, 1.54) is 12.1 Å². The number of nitrogens with one attached hydrogen (secondary N) is 1. The summed E-state index contributed by atoms with van der Waals surface area (Å²) in [5, 5.41) is 3.30. The van der Waals surface area contributed by atoms with Crippen LogP contribution in [-0.4, -0.2) is 12.5 Å². The average molecular weight is 294 g/mol. The molecule has 1 N–H and O–H groups in total. The lowest BCUT2D eigenvalue weighted by Gasteiger charge is -2.08. The molecule has 20 heavy (non-hydrogen) atoms. The van der Waals surface area contributed by atoms with E-state index in [9.17, 15) is 9.18 Å². The highest BCUT2D eigenvalue weighted by molar-refractivity contribution is 6.30.